The third-order valence-corrected chi connectivity index (χ3v) is 11.3. The Bertz CT molecular complexity index is 1270. The fraction of sp³-hybridized carbons (Fsp3) is 0.476. The van der Waals surface area contributed by atoms with E-state index in [-0.39, 0.29) is 60.2 Å². The van der Waals surface area contributed by atoms with Crippen LogP contribution in [-0.4, -0.2) is 81.9 Å². The van der Waals surface area contributed by atoms with E-state index in [1.807, 2.05) is 0 Å². The van der Waals surface area contributed by atoms with Crippen LogP contribution in [0.2, 0.25) is 0 Å². The minimum atomic E-state index is -4.88. The van der Waals surface area contributed by atoms with E-state index in [0.29, 0.717) is 12.8 Å². The van der Waals surface area contributed by atoms with Crippen molar-refractivity contribution in [2.75, 3.05) is 39.3 Å². The van der Waals surface area contributed by atoms with E-state index >= 15 is 0 Å². The number of carbonyl (C=O) groups is 1. The molecule has 0 radical (unpaired) electrons. The van der Waals surface area contributed by atoms with Crippen LogP contribution in [0.25, 0.3) is 0 Å². The number of benzene rings is 1. The largest absolute Gasteiger partial charge is 0.573 e. The first-order chi connectivity index (χ1) is 16.9. The fourth-order valence-corrected chi connectivity index (χ4v) is 8.29. The first kappa shape index (κ1) is 26.9. The second-order valence-corrected chi connectivity index (χ2v) is 13.4. The van der Waals surface area contributed by atoms with Crippen molar-refractivity contribution < 1.29 is 39.5 Å². The first-order valence-corrected chi connectivity index (χ1v) is 14.8. The molecule has 9 nitrogen and oxygen atoms in total. The first-order valence-electron chi connectivity index (χ1n) is 11.1. The van der Waals surface area contributed by atoms with Crippen molar-refractivity contribution in [2.24, 2.45) is 5.92 Å². The van der Waals surface area contributed by atoms with Crippen molar-refractivity contribution in [3.05, 3.63) is 41.8 Å². The lowest BCUT2D eigenvalue weighted by molar-refractivity contribution is -0.274. The maximum absolute atomic E-state index is 13.0. The van der Waals surface area contributed by atoms with Crippen LogP contribution in [0.15, 0.2) is 50.9 Å². The standard InChI is InChI=1S/C21H24F3N3O6S3/c22-21(23,24)33-17-3-5-18(6-4-17)35(29,30)27-13-11-25(12-14-27)20(28)16-7-9-26(10-8-16)36(31,32)19-2-1-15-34-19/h1-6,15-16H,7-14H2. The van der Waals surface area contributed by atoms with Gasteiger partial charge in [-0.15, -0.1) is 24.5 Å². The highest BCUT2D eigenvalue weighted by Crippen LogP contribution is 2.29. The molecule has 0 unspecified atom stereocenters. The van der Waals surface area contributed by atoms with E-state index in [9.17, 15) is 34.8 Å². The molecule has 2 aliphatic rings. The zero-order chi connectivity index (χ0) is 26.1. The van der Waals surface area contributed by atoms with Crippen LogP contribution in [0, 0.1) is 5.92 Å². The normalized spacial score (nSPS) is 19.4. The van der Waals surface area contributed by atoms with Crippen molar-refractivity contribution in [3.63, 3.8) is 0 Å². The molecular weight excluding hydrogens is 543 g/mol. The average molecular weight is 568 g/mol. The number of amides is 1. The summed E-state index contributed by atoms with van der Waals surface area (Å²) in [6.07, 6.45) is -4.11. The number of nitrogens with zero attached hydrogens (tertiary/aromatic N) is 3. The molecule has 0 aliphatic carbocycles. The van der Waals surface area contributed by atoms with E-state index < -0.39 is 32.2 Å². The Hall–Kier alpha value is -2.20. The lowest BCUT2D eigenvalue weighted by atomic mass is 9.96. The number of hydrogen-bond acceptors (Lipinski definition) is 7. The van der Waals surface area contributed by atoms with Crippen LogP contribution in [0.3, 0.4) is 0 Å². The molecule has 1 aromatic carbocycles. The third-order valence-electron chi connectivity index (χ3n) is 6.14. The zero-order valence-electron chi connectivity index (χ0n) is 18.9. The summed E-state index contributed by atoms with van der Waals surface area (Å²) in [5, 5.41) is 1.69. The average Bonchev–Trinajstić information content (AvgIpc) is 3.39. The predicted octanol–water partition coefficient (Wildman–Crippen LogP) is 2.58. The third kappa shape index (κ3) is 5.85. The molecule has 4 rings (SSSR count). The van der Waals surface area contributed by atoms with Crippen molar-refractivity contribution in [2.45, 2.75) is 28.3 Å². The Labute approximate surface area is 211 Å². The van der Waals surface area contributed by atoms with Crippen LogP contribution in [-0.2, 0) is 24.8 Å². The molecule has 2 fully saturated rings. The van der Waals surface area contributed by atoms with Gasteiger partial charge in [0, 0.05) is 45.2 Å². The van der Waals surface area contributed by atoms with E-state index in [1.54, 1.807) is 22.4 Å². The molecule has 36 heavy (non-hydrogen) atoms. The van der Waals surface area contributed by atoms with E-state index in [0.717, 1.165) is 35.6 Å². The molecule has 2 aromatic rings. The van der Waals surface area contributed by atoms with Crippen LogP contribution in [0.5, 0.6) is 5.75 Å². The van der Waals surface area contributed by atoms with Gasteiger partial charge in [-0.2, -0.15) is 8.61 Å². The summed E-state index contributed by atoms with van der Waals surface area (Å²) in [7, 11) is -7.52. The molecule has 198 valence electrons. The Kier molecular flexibility index (Phi) is 7.67. The lowest BCUT2D eigenvalue weighted by Crippen LogP contribution is -2.53. The number of rotatable bonds is 6. The Morgan fingerprint density at radius 1 is 0.861 bits per heavy atom. The molecule has 15 heteroatoms. The van der Waals surface area contributed by atoms with E-state index in [4.69, 9.17) is 0 Å². The highest BCUT2D eigenvalue weighted by atomic mass is 32.2. The van der Waals surface area contributed by atoms with Crippen molar-refractivity contribution >= 4 is 37.3 Å². The van der Waals surface area contributed by atoms with Gasteiger partial charge in [0.15, 0.2) is 0 Å². The number of hydrogen-bond donors (Lipinski definition) is 0. The van der Waals surface area contributed by atoms with Crippen molar-refractivity contribution in [3.8, 4) is 5.75 Å². The second kappa shape index (κ2) is 10.3. The molecule has 2 saturated heterocycles. The second-order valence-electron chi connectivity index (χ2n) is 8.36. The topological polar surface area (TPSA) is 104 Å². The Morgan fingerprint density at radius 3 is 1.97 bits per heavy atom. The molecule has 0 N–H and O–H groups in total. The molecule has 0 spiro atoms. The minimum absolute atomic E-state index is 0.0421. The van der Waals surface area contributed by atoms with Gasteiger partial charge in [-0.3, -0.25) is 4.79 Å². The summed E-state index contributed by atoms with van der Waals surface area (Å²) in [6.45, 7) is 0.890. The zero-order valence-corrected chi connectivity index (χ0v) is 21.4. The van der Waals surface area contributed by atoms with Crippen molar-refractivity contribution in [1.82, 2.24) is 13.5 Å². The number of ether oxygens (including phenoxy) is 1. The number of piperidine rings is 1. The smallest absolute Gasteiger partial charge is 0.406 e. The summed E-state index contributed by atoms with van der Waals surface area (Å²) in [4.78, 5) is 14.4. The van der Waals surface area contributed by atoms with Gasteiger partial charge in [0.2, 0.25) is 15.9 Å². The molecular formula is C21H24F3N3O6S3. The summed E-state index contributed by atoms with van der Waals surface area (Å²) >= 11 is 1.15. The van der Waals surface area contributed by atoms with Gasteiger partial charge < -0.3 is 9.64 Å². The molecule has 1 amide bonds. The van der Waals surface area contributed by atoms with Crippen LogP contribution in [0.1, 0.15) is 12.8 Å². The highest BCUT2D eigenvalue weighted by molar-refractivity contribution is 7.91. The number of thiophene rings is 1. The van der Waals surface area contributed by atoms with Crippen LogP contribution < -0.4 is 4.74 Å². The molecule has 0 bridgehead atoms. The summed E-state index contributed by atoms with van der Waals surface area (Å²) in [6, 6.07) is 7.19. The highest BCUT2D eigenvalue weighted by Gasteiger charge is 2.37. The Morgan fingerprint density at radius 2 is 1.44 bits per heavy atom. The lowest BCUT2D eigenvalue weighted by Gasteiger charge is -2.37. The van der Waals surface area contributed by atoms with Gasteiger partial charge in [0.25, 0.3) is 10.0 Å². The number of alkyl halides is 3. The van der Waals surface area contributed by atoms with E-state index in [1.165, 1.54) is 8.61 Å². The maximum atomic E-state index is 13.0. The van der Waals surface area contributed by atoms with Gasteiger partial charge in [-0.1, -0.05) is 6.07 Å². The van der Waals surface area contributed by atoms with Gasteiger partial charge in [-0.25, -0.2) is 16.8 Å². The van der Waals surface area contributed by atoms with Gasteiger partial charge in [-0.05, 0) is 48.6 Å². The van der Waals surface area contributed by atoms with E-state index in [2.05, 4.69) is 4.74 Å². The van der Waals surface area contributed by atoms with Crippen LogP contribution >= 0.6 is 11.3 Å². The number of sulfonamides is 2. The monoisotopic (exact) mass is 567 g/mol. The summed E-state index contributed by atoms with van der Waals surface area (Å²) in [5.41, 5.74) is 0. The van der Waals surface area contributed by atoms with Gasteiger partial charge >= 0.3 is 6.36 Å². The summed E-state index contributed by atoms with van der Waals surface area (Å²) < 4.78 is 94.7. The predicted molar refractivity (Wildman–Crippen MR) is 124 cm³/mol. The number of carbonyl (C=O) groups excluding carboxylic acids is 1. The number of piperazine rings is 1. The maximum Gasteiger partial charge on any atom is 0.573 e. The Balaban J connectivity index is 1.30. The SMILES string of the molecule is O=C(C1CCN(S(=O)(=O)c2cccs2)CC1)N1CCN(S(=O)(=O)c2ccc(OC(F)(F)F)cc2)CC1. The molecule has 0 atom stereocenters. The molecule has 0 saturated carbocycles. The summed E-state index contributed by atoms with van der Waals surface area (Å²) in [5.74, 6) is -0.996. The molecule has 2 aliphatic heterocycles. The van der Waals surface area contributed by atoms with Crippen molar-refractivity contribution in [1.29, 1.82) is 0 Å². The quantitative estimate of drug-likeness (QED) is 0.532. The minimum Gasteiger partial charge on any atom is -0.406 e. The van der Waals surface area contributed by atoms with Crippen LogP contribution in [0.4, 0.5) is 13.2 Å². The fourth-order valence-electron chi connectivity index (χ4n) is 4.25. The molecule has 3 heterocycles. The molecule has 1 aromatic heterocycles. The van der Waals surface area contributed by atoms with Gasteiger partial charge in [0.1, 0.15) is 9.96 Å². The van der Waals surface area contributed by atoms with Gasteiger partial charge in [0.05, 0.1) is 4.90 Å². The number of halogens is 3.